The summed E-state index contributed by atoms with van der Waals surface area (Å²) in [6, 6.07) is 1.89. The van der Waals surface area contributed by atoms with Gasteiger partial charge in [-0.25, -0.2) is 0 Å². The number of rotatable bonds is 2. The Balaban J connectivity index is 1.99. The van der Waals surface area contributed by atoms with E-state index in [1.165, 1.54) is 6.26 Å². The lowest BCUT2D eigenvalue weighted by atomic mass is 9.91. The highest BCUT2D eigenvalue weighted by Crippen LogP contribution is 2.18. The van der Waals surface area contributed by atoms with Gasteiger partial charge >= 0.3 is 0 Å². The summed E-state index contributed by atoms with van der Waals surface area (Å²) in [4.78, 5) is 11.9. The summed E-state index contributed by atoms with van der Waals surface area (Å²) < 4.78 is 5.11. The number of carbonyl (C=O) groups is 1. The van der Waals surface area contributed by atoms with Crippen molar-refractivity contribution >= 4 is 5.91 Å². The number of carbonyl (C=O) groups excluding carboxylic acids is 1. The van der Waals surface area contributed by atoms with Crippen molar-refractivity contribution in [2.45, 2.75) is 44.7 Å². The van der Waals surface area contributed by atoms with Crippen molar-refractivity contribution in [3.63, 3.8) is 0 Å². The number of amides is 1. The third-order valence-electron chi connectivity index (χ3n) is 3.24. The number of aryl methyl sites for hydroxylation is 1. The summed E-state index contributed by atoms with van der Waals surface area (Å²) in [5, 5.41) is 2.99. The largest absolute Gasteiger partial charge is 0.469 e. The summed E-state index contributed by atoms with van der Waals surface area (Å²) in [5.74, 6) is 0.579. The van der Waals surface area contributed by atoms with Crippen molar-refractivity contribution in [3.8, 4) is 0 Å². The Kier molecular flexibility index (Phi) is 3.29. The number of hydrogen-bond acceptors (Lipinski definition) is 3. The molecule has 1 aromatic rings. The van der Waals surface area contributed by atoms with Gasteiger partial charge in [-0.3, -0.25) is 4.79 Å². The Bertz CT molecular complexity index is 373. The molecule has 1 fully saturated rings. The first-order valence-corrected chi connectivity index (χ1v) is 5.79. The molecule has 1 aliphatic carbocycles. The number of hydrogen-bond donors (Lipinski definition) is 2. The van der Waals surface area contributed by atoms with Gasteiger partial charge < -0.3 is 15.5 Å². The molecular weight excluding hydrogens is 204 g/mol. The topological polar surface area (TPSA) is 68.3 Å². The van der Waals surface area contributed by atoms with Gasteiger partial charge in [0, 0.05) is 12.1 Å². The molecule has 2 unspecified atom stereocenters. The summed E-state index contributed by atoms with van der Waals surface area (Å²) in [5.41, 5.74) is 6.59. The molecule has 0 bridgehead atoms. The van der Waals surface area contributed by atoms with E-state index in [9.17, 15) is 4.79 Å². The molecule has 2 atom stereocenters. The van der Waals surface area contributed by atoms with Crippen LogP contribution in [0.2, 0.25) is 0 Å². The summed E-state index contributed by atoms with van der Waals surface area (Å²) in [6.45, 7) is 1.79. The standard InChI is InChI=1S/C12H18N2O2/c1-8-9(6-7-16-8)12(15)14-11-5-3-2-4-10(11)13/h6-7,10-11H,2-5,13H2,1H3,(H,14,15). The lowest BCUT2D eigenvalue weighted by Gasteiger charge is -2.29. The van der Waals surface area contributed by atoms with Gasteiger partial charge in [-0.05, 0) is 25.8 Å². The summed E-state index contributed by atoms with van der Waals surface area (Å²) in [6.07, 6.45) is 5.81. The molecule has 1 aliphatic rings. The van der Waals surface area contributed by atoms with Gasteiger partial charge in [-0.15, -0.1) is 0 Å². The fourth-order valence-corrected chi connectivity index (χ4v) is 2.21. The van der Waals surface area contributed by atoms with Crippen LogP contribution < -0.4 is 11.1 Å². The van der Waals surface area contributed by atoms with Crippen LogP contribution in [0.5, 0.6) is 0 Å². The van der Waals surface area contributed by atoms with Crippen molar-refractivity contribution < 1.29 is 9.21 Å². The number of furan rings is 1. The van der Waals surface area contributed by atoms with Crippen LogP contribution in [0.15, 0.2) is 16.7 Å². The summed E-state index contributed by atoms with van der Waals surface area (Å²) >= 11 is 0. The third kappa shape index (κ3) is 2.27. The normalized spacial score (nSPS) is 25.4. The van der Waals surface area contributed by atoms with Crippen LogP contribution >= 0.6 is 0 Å². The molecule has 0 radical (unpaired) electrons. The average molecular weight is 222 g/mol. The third-order valence-corrected chi connectivity index (χ3v) is 3.24. The lowest BCUT2D eigenvalue weighted by Crippen LogP contribution is -2.49. The van der Waals surface area contributed by atoms with E-state index in [0.717, 1.165) is 25.7 Å². The van der Waals surface area contributed by atoms with Gasteiger partial charge in [0.05, 0.1) is 11.8 Å². The first kappa shape index (κ1) is 11.2. The van der Waals surface area contributed by atoms with E-state index in [4.69, 9.17) is 10.2 Å². The maximum absolute atomic E-state index is 11.9. The minimum Gasteiger partial charge on any atom is -0.469 e. The maximum Gasteiger partial charge on any atom is 0.255 e. The van der Waals surface area contributed by atoms with E-state index in [0.29, 0.717) is 11.3 Å². The van der Waals surface area contributed by atoms with Gasteiger partial charge in [-0.2, -0.15) is 0 Å². The molecule has 4 nitrogen and oxygen atoms in total. The quantitative estimate of drug-likeness (QED) is 0.798. The second-order valence-corrected chi connectivity index (χ2v) is 4.42. The highest BCUT2D eigenvalue weighted by molar-refractivity contribution is 5.95. The monoisotopic (exact) mass is 222 g/mol. The predicted molar refractivity (Wildman–Crippen MR) is 61.1 cm³/mol. The van der Waals surface area contributed by atoms with E-state index in [2.05, 4.69) is 5.32 Å². The molecule has 1 amide bonds. The van der Waals surface area contributed by atoms with Crippen LogP contribution in [0, 0.1) is 6.92 Å². The molecule has 88 valence electrons. The van der Waals surface area contributed by atoms with E-state index in [1.54, 1.807) is 13.0 Å². The van der Waals surface area contributed by atoms with Gasteiger partial charge in [0.1, 0.15) is 5.76 Å². The Hall–Kier alpha value is -1.29. The van der Waals surface area contributed by atoms with Crippen LogP contribution in [0.4, 0.5) is 0 Å². The molecule has 0 aromatic carbocycles. The fourth-order valence-electron chi connectivity index (χ4n) is 2.21. The van der Waals surface area contributed by atoms with Gasteiger partial charge in [0.25, 0.3) is 5.91 Å². The van der Waals surface area contributed by atoms with Gasteiger partial charge in [-0.1, -0.05) is 12.8 Å². The summed E-state index contributed by atoms with van der Waals surface area (Å²) in [7, 11) is 0. The lowest BCUT2D eigenvalue weighted by molar-refractivity contribution is 0.0919. The Morgan fingerprint density at radius 3 is 2.88 bits per heavy atom. The fraction of sp³-hybridized carbons (Fsp3) is 0.583. The van der Waals surface area contributed by atoms with Crippen LogP contribution in [-0.2, 0) is 0 Å². The first-order chi connectivity index (χ1) is 7.68. The van der Waals surface area contributed by atoms with E-state index >= 15 is 0 Å². The molecule has 1 aromatic heterocycles. The molecule has 0 spiro atoms. The molecule has 1 saturated carbocycles. The van der Waals surface area contributed by atoms with Gasteiger partial charge in [0.15, 0.2) is 0 Å². The van der Waals surface area contributed by atoms with E-state index in [-0.39, 0.29) is 18.0 Å². The van der Waals surface area contributed by atoms with Crippen LogP contribution in [-0.4, -0.2) is 18.0 Å². The zero-order valence-corrected chi connectivity index (χ0v) is 9.53. The second-order valence-electron chi connectivity index (χ2n) is 4.42. The minimum atomic E-state index is -0.0754. The van der Waals surface area contributed by atoms with Crippen LogP contribution in [0.1, 0.15) is 41.8 Å². The van der Waals surface area contributed by atoms with Crippen molar-refractivity contribution in [1.82, 2.24) is 5.32 Å². The zero-order chi connectivity index (χ0) is 11.5. The molecule has 16 heavy (non-hydrogen) atoms. The van der Waals surface area contributed by atoms with Gasteiger partial charge in [0.2, 0.25) is 0 Å². The number of nitrogens with one attached hydrogen (secondary N) is 1. The number of nitrogens with two attached hydrogens (primary N) is 1. The molecule has 2 rings (SSSR count). The second kappa shape index (κ2) is 4.70. The highest BCUT2D eigenvalue weighted by atomic mass is 16.3. The molecule has 0 aliphatic heterocycles. The minimum absolute atomic E-state index is 0.0754. The van der Waals surface area contributed by atoms with Crippen molar-refractivity contribution in [2.75, 3.05) is 0 Å². The Morgan fingerprint density at radius 2 is 2.25 bits per heavy atom. The molecule has 4 heteroatoms. The molecule has 0 saturated heterocycles. The van der Waals surface area contributed by atoms with Crippen molar-refractivity contribution in [3.05, 3.63) is 23.7 Å². The first-order valence-electron chi connectivity index (χ1n) is 5.79. The average Bonchev–Trinajstić information content (AvgIpc) is 2.68. The van der Waals surface area contributed by atoms with E-state index < -0.39 is 0 Å². The molecular formula is C12H18N2O2. The van der Waals surface area contributed by atoms with Crippen LogP contribution in [0.25, 0.3) is 0 Å². The molecule has 3 N–H and O–H groups in total. The SMILES string of the molecule is Cc1occc1C(=O)NC1CCCCC1N. The smallest absolute Gasteiger partial charge is 0.255 e. The van der Waals surface area contributed by atoms with Crippen LogP contribution in [0.3, 0.4) is 0 Å². The van der Waals surface area contributed by atoms with E-state index in [1.807, 2.05) is 0 Å². The van der Waals surface area contributed by atoms with Crippen molar-refractivity contribution in [2.24, 2.45) is 5.73 Å². The van der Waals surface area contributed by atoms with Crippen molar-refractivity contribution in [1.29, 1.82) is 0 Å². The zero-order valence-electron chi connectivity index (χ0n) is 9.53. The Labute approximate surface area is 95.2 Å². The Morgan fingerprint density at radius 1 is 1.50 bits per heavy atom. The maximum atomic E-state index is 11.9. The molecule has 1 heterocycles. The predicted octanol–water partition coefficient (Wildman–Crippen LogP) is 1.59. The highest BCUT2D eigenvalue weighted by Gasteiger charge is 2.24.